The Labute approximate surface area is 127 Å². The van der Waals surface area contributed by atoms with E-state index in [-0.39, 0.29) is 16.9 Å². The lowest BCUT2D eigenvalue weighted by molar-refractivity contribution is 0.276. The van der Waals surface area contributed by atoms with E-state index < -0.39 is 10.0 Å². The van der Waals surface area contributed by atoms with Gasteiger partial charge in [0.15, 0.2) is 0 Å². The molecule has 0 amide bonds. The van der Waals surface area contributed by atoms with Crippen molar-refractivity contribution in [1.82, 2.24) is 14.5 Å². The Hall–Kier alpha value is -0.920. The number of aryl methyl sites for hydroxylation is 2. The fraction of sp³-hybridized carbons (Fsp3) is 0.786. The highest BCUT2D eigenvalue weighted by Crippen LogP contribution is 2.21. The summed E-state index contributed by atoms with van der Waals surface area (Å²) in [5.41, 5.74) is 1.19. The number of hydrogen-bond donors (Lipinski definition) is 2. The summed E-state index contributed by atoms with van der Waals surface area (Å²) < 4.78 is 29.2. The van der Waals surface area contributed by atoms with Crippen LogP contribution in [0.2, 0.25) is 0 Å². The first-order valence-electron chi connectivity index (χ1n) is 7.23. The maximum Gasteiger partial charge on any atom is 0.244 e. The Morgan fingerprint density at radius 2 is 1.90 bits per heavy atom. The van der Waals surface area contributed by atoms with Gasteiger partial charge in [-0.05, 0) is 32.1 Å². The average Bonchev–Trinajstić information content (AvgIpc) is 2.60. The molecule has 7 heteroatoms. The van der Waals surface area contributed by atoms with Gasteiger partial charge in [-0.3, -0.25) is 4.68 Å². The molecule has 2 N–H and O–H groups in total. The number of nitrogens with one attached hydrogen (secondary N) is 1. The van der Waals surface area contributed by atoms with Gasteiger partial charge in [-0.2, -0.15) is 5.10 Å². The van der Waals surface area contributed by atoms with Crippen molar-refractivity contribution in [2.45, 2.75) is 58.9 Å². The predicted octanol–water partition coefficient (Wildman–Crippen LogP) is 1.60. The van der Waals surface area contributed by atoms with Crippen LogP contribution in [0.1, 0.15) is 45.0 Å². The number of nitrogens with zero attached hydrogens (tertiary/aromatic N) is 2. The van der Waals surface area contributed by atoms with Gasteiger partial charge < -0.3 is 5.11 Å². The summed E-state index contributed by atoms with van der Waals surface area (Å²) in [6, 6.07) is 0. The molecule has 0 radical (unpaired) electrons. The molecule has 122 valence electrons. The van der Waals surface area contributed by atoms with Crippen LogP contribution in [0.5, 0.6) is 0 Å². The number of rotatable bonds is 7. The smallest absolute Gasteiger partial charge is 0.244 e. The molecule has 0 saturated carbocycles. The number of sulfonamides is 1. The van der Waals surface area contributed by atoms with Crippen molar-refractivity contribution in [3.05, 3.63) is 11.4 Å². The highest BCUT2D eigenvalue weighted by molar-refractivity contribution is 7.89. The molecule has 0 aliphatic carbocycles. The van der Waals surface area contributed by atoms with Crippen LogP contribution >= 0.6 is 0 Å². The normalized spacial score (nSPS) is 12.9. The fourth-order valence-corrected chi connectivity index (χ4v) is 3.58. The van der Waals surface area contributed by atoms with Gasteiger partial charge in [-0.15, -0.1) is 0 Å². The molecule has 6 nitrogen and oxygen atoms in total. The maximum atomic E-state index is 12.4. The van der Waals surface area contributed by atoms with Crippen molar-refractivity contribution in [2.24, 2.45) is 5.41 Å². The van der Waals surface area contributed by atoms with E-state index >= 15 is 0 Å². The van der Waals surface area contributed by atoms with Gasteiger partial charge in [-0.1, -0.05) is 20.8 Å². The first kappa shape index (κ1) is 18.1. The Morgan fingerprint density at radius 1 is 1.29 bits per heavy atom. The van der Waals surface area contributed by atoms with E-state index in [1.807, 2.05) is 0 Å². The third kappa shape index (κ3) is 5.09. The maximum absolute atomic E-state index is 12.4. The van der Waals surface area contributed by atoms with Gasteiger partial charge in [0.2, 0.25) is 10.0 Å². The largest absolute Gasteiger partial charge is 0.396 e. The van der Waals surface area contributed by atoms with Gasteiger partial charge in [0.1, 0.15) is 4.90 Å². The van der Waals surface area contributed by atoms with E-state index in [1.54, 1.807) is 18.5 Å². The molecule has 0 bridgehead atoms. The van der Waals surface area contributed by atoms with E-state index in [0.717, 1.165) is 6.42 Å². The van der Waals surface area contributed by atoms with Crippen LogP contribution in [0.4, 0.5) is 0 Å². The minimum absolute atomic E-state index is 0.0598. The standard InChI is InChI=1S/C14H27N3O3S/c1-11-13(12(2)17(16-11)9-6-10-18)21(19,20)15-8-7-14(3,4)5/h15,18H,6-10H2,1-5H3. The number of aromatic nitrogens is 2. The topological polar surface area (TPSA) is 84.2 Å². The zero-order valence-corrected chi connectivity index (χ0v) is 14.4. The molecule has 0 aliphatic heterocycles. The first-order chi connectivity index (χ1) is 9.58. The zero-order valence-electron chi connectivity index (χ0n) is 13.6. The zero-order chi connectivity index (χ0) is 16.3. The summed E-state index contributed by atoms with van der Waals surface area (Å²) in [5, 5.41) is 13.1. The molecule has 0 atom stereocenters. The molecule has 21 heavy (non-hydrogen) atoms. The minimum atomic E-state index is -3.54. The van der Waals surface area contributed by atoms with Crippen molar-refractivity contribution in [3.8, 4) is 0 Å². The summed E-state index contributed by atoms with van der Waals surface area (Å²) in [4.78, 5) is 0.259. The highest BCUT2D eigenvalue weighted by atomic mass is 32.2. The van der Waals surface area contributed by atoms with Crippen LogP contribution in [0.15, 0.2) is 4.90 Å². The van der Waals surface area contributed by atoms with Crippen molar-refractivity contribution >= 4 is 10.0 Å². The van der Waals surface area contributed by atoms with Gasteiger partial charge in [0.25, 0.3) is 0 Å². The monoisotopic (exact) mass is 317 g/mol. The molecule has 1 aromatic rings. The lowest BCUT2D eigenvalue weighted by Gasteiger charge is -2.18. The molecule has 1 aromatic heterocycles. The van der Waals surface area contributed by atoms with Crippen LogP contribution < -0.4 is 4.72 Å². The molecule has 0 fully saturated rings. The third-order valence-electron chi connectivity index (χ3n) is 3.28. The molecule has 1 rings (SSSR count). The Bertz CT molecular complexity index is 571. The van der Waals surface area contributed by atoms with Crippen LogP contribution in [0, 0.1) is 19.3 Å². The van der Waals surface area contributed by atoms with Crippen molar-refractivity contribution in [2.75, 3.05) is 13.2 Å². The third-order valence-corrected chi connectivity index (χ3v) is 4.99. The highest BCUT2D eigenvalue weighted by Gasteiger charge is 2.24. The molecule has 1 heterocycles. The van der Waals surface area contributed by atoms with Gasteiger partial charge in [0.05, 0.1) is 11.4 Å². The average molecular weight is 317 g/mol. The lowest BCUT2D eigenvalue weighted by Crippen LogP contribution is -2.28. The van der Waals surface area contributed by atoms with Gasteiger partial charge in [0, 0.05) is 19.7 Å². The number of aliphatic hydroxyl groups excluding tert-OH is 1. The van der Waals surface area contributed by atoms with Crippen LogP contribution in [0.3, 0.4) is 0 Å². The van der Waals surface area contributed by atoms with Crippen molar-refractivity contribution in [3.63, 3.8) is 0 Å². The van der Waals surface area contributed by atoms with Crippen LogP contribution in [0.25, 0.3) is 0 Å². The second kappa shape index (κ2) is 6.89. The molecule has 0 aromatic carbocycles. The second-order valence-corrected chi connectivity index (χ2v) is 8.21. The molecule has 0 spiro atoms. The summed E-state index contributed by atoms with van der Waals surface area (Å²) in [6.45, 7) is 10.6. The molecule has 0 aliphatic rings. The molecular formula is C14H27N3O3S. The predicted molar refractivity (Wildman–Crippen MR) is 82.7 cm³/mol. The Balaban J connectivity index is 2.90. The summed E-state index contributed by atoms with van der Waals surface area (Å²) in [7, 11) is -3.54. The summed E-state index contributed by atoms with van der Waals surface area (Å²) >= 11 is 0. The minimum Gasteiger partial charge on any atom is -0.396 e. The van der Waals surface area contributed by atoms with E-state index in [0.29, 0.717) is 30.9 Å². The van der Waals surface area contributed by atoms with Crippen LogP contribution in [-0.4, -0.2) is 36.5 Å². The Morgan fingerprint density at radius 3 is 2.43 bits per heavy atom. The quantitative estimate of drug-likeness (QED) is 0.800. The number of aliphatic hydroxyl groups is 1. The lowest BCUT2D eigenvalue weighted by atomic mass is 9.93. The SMILES string of the molecule is Cc1nn(CCCO)c(C)c1S(=O)(=O)NCCC(C)(C)C. The van der Waals surface area contributed by atoms with E-state index in [1.165, 1.54) is 0 Å². The van der Waals surface area contributed by atoms with Gasteiger partial charge >= 0.3 is 0 Å². The van der Waals surface area contributed by atoms with Gasteiger partial charge in [-0.25, -0.2) is 13.1 Å². The molecule has 0 saturated heterocycles. The van der Waals surface area contributed by atoms with E-state index in [4.69, 9.17) is 5.11 Å². The summed E-state index contributed by atoms with van der Waals surface area (Å²) in [5.74, 6) is 0. The van der Waals surface area contributed by atoms with Crippen LogP contribution in [-0.2, 0) is 16.6 Å². The molecular weight excluding hydrogens is 290 g/mol. The second-order valence-electron chi connectivity index (χ2n) is 6.51. The van der Waals surface area contributed by atoms with E-state index in [9.17, 15) is 8.42 Å². The fourth-order valence-electron chi connectivity index (χ4n) is 2.14. The number of hydrogen-bond acceptors (Lipinski definition) is 4. The van der Waals surface area contributed by atoms with Crippen molar-refractivity contribution < 1.29 is 13.5 Å². The van der Waals surface area contributed by atoms with E-state index in [2.05, 4.69) is 30.6 Å². The first-order valence-corrected chi connectivity index (χ1v) is 8.71. The van der Waals surface area contributed by atoms with Crippen molar-refractivity contribution in [1.29, 1.82) is 0 Å². The molecule has 0 unspecified atom stereocenters. The Kier molecular flexibility index (Phi) is 5.95. The summed E-state index contributed by atoms with van der Waals surface area (Å²) in [6.07, 6.45) is 1.32.